The van der Waals surface area contributed by atoms with E-state index in [0.29, 0.717) is 5.69 Å². The third kappa shape index (κ3) is 4.99. The number of carbonyl (C=O) groups is 2. The standard InChI is InChI=1S/C20H17FN2O3S/c21-14-6-8-15(9-7-14)23-20(26)19(25)22-12-16-10-11-17(27-16)18(24)13-4-2-1-3-5-13/h1-11,18,24H,12H2,(H,22,25)(H,23,26). The van der Waals surface area contributed by atoms with Gasteiger partial charge in [-0.2, -0.15) is 0 Å². The number of aliphatic hydroxyl groups excluding tert-OH is 1. The number of anilines is 1. The zero-order valence-corrected chi connectivity index (χ0v) is 15.0. The summed E-state index contributed by atoms with van der Waals surface area (Å²) in [6.45, 7) is 0.168. The Labute approximate surface area is 159 Å². The van der Waals surface area contributed by atoms with Crippen molar-refractivity contribution in [3.05, 3.63) is 87.9 Å². The molecule has 0 radical (unpaired) electrons. The van der Waals surface area contributed by atoms with E-state index >= 15 is 0 Å². The van der Waals surface area contributed by atoms with Crippen LogP contribution in [0.5, 0.6) is 0 Å². The van der Waals surface area contributed by atoms with Gasteiger partial charge in [0.05, 0.1) is 6.54 Å². The molecule has 0 spiro atoms. The molecule has 3 aromatic rings. The van der Waals surface area contributed by atoms with E-state index in [1.54, 1.807) is 12.1 Å². The zero-order chi connectivity index (χ0) is 19.2. The summed E-state index contributed by atoms with van der Waals surface area (Å²) in [5, 5.41) is 15.3. The number of amides is 2. The highest BCUT2D eigenvalue weighted by molar-refractivity contribution is 7.12. The van der Waals surface area contributed by atoms with Gasteiger partial charge in [-0.25, -0.2) is 4.39 Å². The van der Waals surface area contributed by atoms with Crippen molar-refractivity contribution in [3.8, 4) is 0 Å². The molecule has 1 atom stereocenters. The fourth-order valence-electron chi connectivity index (χ4n) is 2.40. The van der Waals surface area contributed by atoms with E-state index in [1.807, 2.05) is 30.3 Å². The second-order valence-electron chi connectivity index (χ2n) is 5.76. The first-order valence-electron chi connectivity index (χ1n) is 8.19. The number of rotatable bonds is 5. The van der Waals surface area contributed by atoms with Crippen LogP contribution in [0.25, 0.3) is 0 Å². The highest BCUT2D eigenvalue weighted by Gasteiger charge is 2.16. The van der Waals surface area contributed by atoms with Crippen molar-refractivity contribution in [2.45, 2.75) is 12.6 Å². The maximum Gasteiger partial charge on any atom is 0.313 e. The quantitative estimate of drug-likeness (QED) is 0.591. The van der Waals surface area contributed by atoms with Crippen LogP contribution in [0.4, 0.5) is 10.1 Å². The number of aliphatic hydroxyl groups is 1. The Kier molecular flexibility index (Phi) is 5.95. The van der Waals surface area contributed by atoms with Crippen molar-refractivity contribution in [2.75, 3.05) is 5.32 Å². The highest BCUT2D eigenvalue weighted by atomic mass is 32.1. The van der Waals surface area contributed by atoms with Crippen LogP contribution in [0.1, 0.15) is 21.4 Å². The lowest BCUT2D eigenvalue weighted by Crippen LogP contribution is -2.34. The van der Waals surface area contributed by atoms with Crippen LogP contribution in [0.2, 0.25) is 0 Å². The Morgan fingerprint density at radius 1 is 0.963 bits per heavy atom. The summed E-state index contributed by atoms with van der Waals surface area (Å²) in [5.41, 5.74) is 1.12. The molecule has 0 bridgehead atoms. The van der Waals surface area contributed by atoms with Crippen molar-refractivity contribution in [1.82, 2.24) is 5.32 Å². The summed E-state index contributed by atoms with van der Waals surface area (Å²) in [6, 6.07) is 18.0. The first kappa shape index (κ1) is 18.8. The number of thiophene rings is 1. The van der Waals surface area contributed by atoms with Crippen LogP contribution in [0, 0.1) is 5.82 Å². The predicted molar refractivity (Wildman–Crippen MR) is 102 cm³/mol. The van der Waals surface area contributed by atoms with Gasteiger partial charge in [0, 0.05) is 15.4 Å². The predicted octanol–water partition coefficient (Wildman–Crippen LogP) is 3.22. The lowest BCUT2D eigenvalue weighted by Gasteiger charge is -2.08. The first-order valence-corrected chi connectivity index (χ1v) is 9.01. The van der Waals surface area contributed by atoms with Gasteiger partial charge >= 0.3 is 11.8 Å². The minimum Gasteiger partial charge on any atom is -0.383 e. The van der Waals surface area contributed by atoms with Gasteiger partial charge in [0.25, 0.3) is 0 Å². The molecule has 0 fully saturated rings. The summed E-state index contributed by atoms with van der Waals surface area (Å²) in [5.74, 6) is -2.05. The summed E-state index contributed by atoms with van der Waals surface area (Å²) in [7, 11) is 0. The van der Waals surface area contributed by atoms with Gasteiger partial charge in [-0.1, -0.05) is 30.3 Å². The van der Waals surface area contributed by atoms with Crippen molar-refractivity contribution >= 4 is 28.8 Å². The molecule has 1 unspecified atom stereocenters. The van der Waals surface area contributed by atoms with Crippen molar-refractivity contribution in [1.29, 1.82) is 0 Å². The topological polar surface area (TPSA) is 78.4 Å². The molecule has 138 valence electrons. The van der Waals surface area contributed by atoms with Gasteiger partial charge in [-0.15, -0.1) is 11.3 Å². The van der Waals surface area contributed by atoms with Crippen LogP contribution in [-0.4, -0.2) is 16.9 Å². The molecule has 1 heterocycles. The van der Waals surface area contributed by atoms with Crippen LogP contribution in [-0.2, 0) is 16.1 Å². The number of hydrogen-bond donors (Lipinski definition) is 3. The van der Waals surface area contributed by atoms with Crippen LogP contribution >= 0.6 is 11.3 Å². The third-order valence-electron chi connectivity index (χ3n) is 3.80. The SMILES string of the molecule is O=C(NCc1ccc(C(O)c2ccccc2)s1)C(=O)Nc1ccc(F)cc1. The summed E-state index contributed by atoms with van der Waals surface area (Å²) >= 11 is 1.36. The van der Waals surface area contributed by atoms with E-state index in [9.17, 15) is 19.1 Å². The summed E-state index contributed by atoms with van der Waals surface area (Å²) in [4.78, 5) is 25.3. The molecule has 0 saturated carbocycles. The molecule has 3 rings (SSSR count). The number of carbonyl (C=O) groups excluding carboxylic acids is 2. The second-order valence-corrected chi connectivity index (χ2v) is 6.96. The fraction of sp³-hybridized carbons (Fsp3) is 0.100. The Bertz CT molecular complexity index is 926. The maximum absolute atomic E-state index is 12.8. The van der Waals surface area contributed by atoms with E-state index in [4.69, 9.17) is 0 Å². The van der Waals surface area contributed by atoms with Gasteiger partial charge in [-0.3, -0.25) is 9.59 Å². The monoisotopic (exact) mass is 384 g/mol. The highest BCUT2D eigenvalue weighted by Crippen LogP contribution is 2.28. The van der Waals surface area contributed by atoms with Gasteiger partial charge in [0.1, 0.15) is 11.9 Å². The molecule has 0 aliphatic carbocycles. The number of hydrogen-bond acceptors (Lipinski definition) is 4. The van der Waals surface area contributed by atoms with E-state index in [-0.39, 0.29) is 6.54 Å². The van der Waals surface area contributed by atoms with E-state index in [0.717, 1.165) is 15.3 Å². The van der Waals surface area contributed by atoms with Gasteiger partial charge < -0.3 is 15.7 Å². The Morgan fingerprint density at radius 2 is 1.67 bits per heavy atom. The van der Waals surface area contributed by atoms with Crippen LogP contribution in [0.15, 0.2) is 66.7 Å². The molecular formula is C20H17FN2O3S. The molecule has 27 heavy (non-hydrogen) atoms. The first-order chi connectivity index (χ1) is 13.0. The van der Waals surface area contributed by atoms with E-state index in [1.165, 1.54) is 35.6 Å². The van der Waals surface area contributed by atoms with Crippen molar-refractivity contribution < 1.29 is 19.1 Å². The molecular weight excluding hydrogens is 367 g/mol. The molecule has 0 aliphatic heterocycles. The average Bonchev–Trinajstić information content (AvgIpc) is 3.17. The second kappa shape index (κ2) is 8.57. The zero-order valence-electron chi connectivity index (χ0n) is 14.2. The number of benzene rings is 2. The van der Waals surface area contributed by atoms with Gasteiger partial charge in [0.15, 0.2) is 0 Å². The number of nitrogens with one attached hydrogen (secondary N) is 2. The summed E-state index contributed by atoms with van der Waals surface area (Å²) in [6.07, 6.45) is -0.734. The normalized spacial score (nSPS) is 11.6. The van der Waals surface area contributed by atoms with Gasteiger partial charge in [-0.05, 0) is 42.0 Å². The van der Waals surface area contributed by atoms with E-state index in [2.05, 4.69) is 10.6 Å². The molecule has 5 nitrogen and oxygen atoms in total. The van der Waals surface area contributed by atoms with Crippen LogP contribution in [0.3, 0.4) is 0 Å². The molecule has 1 aromatic heterocycles. The largest absolute Gasteiger partial charge is 0.383 e. The van der Waals surface area contributed by atoms with Crippen LogP contribution < -0.4 is 10.6 Å². The molecule has 0 saturated heterocycles. The molecule has 2 amide bonds. The third-order valence-corrected chi connectivity index (χ3v) is 4.94. The molecule has 3 N–H and O–H groups in total. The van der Waals surface area contributed by atoms with Crippen molar-refractivity contribution in [2.24, 2.45) is 0 Å². The molecule has 7 heteroatoms. The average molecular weight is 384 g/mol. The van der Waals surface area contributed by atoms with Gasteiger partial charge in [0.2, 0.25) is 0 Å². The lowest BCUT2D eigenvalue weighted by atomic mass is 10.1. The lowest BCUT2D eigenvalue weighted by molar-refractivity contribution is -0.136. The Morgan fingerprint density at radius 3 is 2.37 bits per heavy atom. The molecule has 2 aromatic carbocycles. The minimum atomic E-state index is -0.831. The molecule has 0 aliphatic rings. The van der Waals surface area contributed by atoms with Crippen molar-refractivity contribution in [3.63, 3.8) is 0 Å². The number of halogens is 1. The maximum atomic E-state index is 12.8. The summed E-state index contributed by atoms with van der Waals surface area (Å²) < 4.78 is 12.8. The Hall–Kier alpha value is -3.03. The fourth-order valence-corrected chi connectivity index (χ4v) is 3.37. The minimum absolute atomic E-state index is 0.168. The smallest absolute Gasteiger partial charge is 0.313 e. The Balaban J connectivity index is 1.54. The van der Waals surface area contributed by atoms with E-state index < -0.39 is 23.7 Å².